The minimum absolute atomic E-state index is 0.0486. The standard InChI is InChI=1S/C42H47ClN2O7S/c1-5-39(50-4)36-17-10-31(36)26-44-27-42(20-21-51-41-22-32(43)11-18-37(41)42)28-52-40-19-16-35(23-38(40)44)53(46,47)45(24-29-6-12-33(48-2)13-7-29)25-30-8-14-34(49-3)15-9-30/h5-9,11-16,18-19,22-23,31,36,39H,1,10,17,20-21,24-28H2,2-4H3/t31-,36+,39+,42-/m0/s1. The number of fused-ring (bicyclic) bond motifs is 3. The van der Waals surface area contributed by atoms with E-state index in [4.69, 9.17) is 35.3 Å². The average molecular weight is 759 g/mol. The molecule has 2 aliphatic heterocycles. The van der Waals surface area contributed by atoms with Gasteiger partial charge in [0.25, 0.3) is 0 Å². The quantitative estimate of drug-likeness (QED) is 0.127. The molecule has 0 bridgehead atoms. The van der Waals surface area contributed by atoms with Gasteiger partial charge in [-0.05, 0) is 96.8 Å². The number of halogens is 1. The number of ether oxygens (including phenoxy) is 5. The van der Waals surface area contributed by atoms with Crippen molar-refractivity contribution in [1.82, 2.24) is 4.31 Å². The second-order valence-electron chi connectivity index (χ2n) is 14.2. The zero-order chi connectivity index (χ0) is 37.2. The molecule has 7 rings (SSSR count). The first kappa shape index (κ1) is 37.1. The zero-order valence-electron chi connectivity index (χ0n) is 30.5. The number of rotatable bonds is 13. The van der Waals surface area contributed by atoms with Crippen molar-refractivity contribution in [2.45, 2.75) is 48.8 Å². The molecule has 3 aliphatic rings. The molecule has 0 unspecified atom stereocenters. The maximum atomic E-state index is 14.8. The second-order valence-corrected chi connectivity index (χ2v) is 16.6. The molecule has 11 heteroatoms. The van der Waals surface area contributed by atoms with Crippen LogP contribution in [0.15, 0.2) is 102 Å². The largest absolute Gasteiger partial charge is 0.497 e. The monoisotopic (exact) mass is 758 g/mol. The first-order valence-corrected chi connectivity index (χ1v) is 19.8. The molecule has 280 valence electrons. The highest BCUT2D eigenvalue weighted by Crippen LogP contribution is 2.48. The highest BCUT2D eigenvalue weighted by Gasteiger charge is 2.45. The van der Waals surface area contributed by atoms with Crippen LogP contribution in [0.1, 0.15) is 36.0 Å². The van der Waals surface area contributed by atoms with Gasteiger partial charge < -0.3 is 28.6 Å². The molecule has 2 heterocycles. The summed E-state index contributed by atoms with van der Waals surface area (Å²) in [6.07, 6.45) is 4.68. The molecule has 1 fully saturated rings. The summed E-state index contributed by atoms with van der Waals surface area (Å²) in [7, 11) is 0.938. The average Bonchev–Trinajstić information content (AvgIpc) is 3.32. The maximum Gasteiger partial charge on any atom is 0.243 e. The van der Waals surface area contributed by atoms with E-state index < -0.39 is 15.4 Å². The Balaban J connectivity index is 1.27. The molecule has 0 amide bonds. The van der Waals surface area contributed by atoms with Gasteiger partial charge in [-0.2, -0.15) is 4.31 Å². The van der Waals surface area contributed by atoms with Crippen molar-refractivity contribution in [1.29, 1.82) is 0 Å². The molecule has 4 aromatic rings. The van der Waals surface area contributed by atoms with E-state index in [9.17, 15) is 8.42 Å². The first-order chi connectivity index (χ1) is 25.7. The van der Waals surface area contributed by atoms with E-state index in [1.54, 1.807) is 33.5 Å². The number of methoxy groups -OCH3 is 3. The fourth-order valence-electron chi connectivity index (χ4n) is 7.99. The van der Waals surface area contributed by atoms with Gasteiger partial charge in [-0.15, -0.1) is 6.58 Å². The van der Waals surface area contributed by atoms with E-state index in [2.05, 4.69) is 11.5 Å². The van der Waals surface area contributed by atoms with E-state index in [1.165, 1.54) is 4.31 Å². The fraction of sp³-hybridized carbons (Fsp3) is 0.381. The minimum atomic E-state index is -4.02. The van der Waals surface area contributed by atoms with Gasteiger partial charge in [-0.3, -0.25) is 0 Å². The van der Waals surface area contributed by atoms with Crippen molar-refractivity contribution in [2.75, 3.05) is 52.5 Å². The summed E-state index contributed by atoms with van der Waals surface area (Å²) in [5.74, 6) is 3.47. The van der Waals surface area contributed by atoms with Crippen LogP contribution in [-0.2, 0) is 33.3 Å². The van der Waals surface area contributed by atoms with Crippen LogP contribution in [-0.4, -0.2) is 66.5 Å². The third kappa shape index (κ3) is 7.60. The first-order valence-electron chi connectivity index (χ1n) is 18.0. The van der Waals surface area contributed by atoms with Crippen molar-refractivity contribution in [2.24, 2.45) is 11.8 Å². The van der Waals surface area contributed by atoms with Gasteiger partial charge in [0, 0.05) is 43.9 Å². The SMILES string of the molecule is C=C[C@@H](OC)[C@@H]1CC[C@H]1CN1C[C@@]2(CCOc3cc(Cl)ccc32)COc2ccc(S(=O)(=O)N(Cc3ccc(OC)cc3)Cc3ccc(OC)cc3)cc21. The number of benzene rings is 4. The van der Waals surface area contributed by atoms with Gasteiger partial charge in [0.15, 0.2) is 0 Å². The van der Waals surface area contributed by atoms with Crippen LogP contribution in [0, 0.1) is 11.8 Å². The highest BCUT2D eigenvalue weighted by molar-refractivity contribution is 7.89. The summed E-state index contributed by atoms with van der Waals surface area (Å²) >= 11 is 6.41. The summed E-state index contributed by atoms with van der Waals surface area (Å²) in [5, 5.41) is 0.617. The van der Waals surface area contributed by atoms with Crippen LogP contribution in [0.5, 0.6) is 23.0 Å². The van der Waals surface area contributed by atoms with Gasteiger partial charge in [0.1, 0.15) is 23.0 Å². The smallest absolute Gasteiger partial charge is 0.243 e. The van der Waals surface area contributed by atoms with Crippen molar-refractivity contribution < 1.29 is 32.1 Å². The second kappa shape index (κ2) is 15.6. The number of sulfonamides is 1. The normalized spacial score (nSPS) is 21.3. The van der Waals surface area contributed by atoms with E-state index in [1.807, 2.05) is 78.9 Å². The molecule has 0 N–H and O–H groups in total. The maximum absolute atomic E-state index is 14.8. The van der Waals surface area contributed by atoms with Crippen LogP contribution >= 0.6 is 11.6 Å². The van der Waals surface area contributed by atoms with Crippen molar-refractivity contribution in [3.05, 3.63) is 119 Å². The number of hydrogen-bond donors (Lipinski definition) is 0. The Hall–Kier alpha value is -4.22. The highest BCUT2D eigenvalue weighted by atomic mass is 35.5. The summed E-state index contributed by atoms with van der Waals surface area (Å²) in [4.78, 5) is 2.54. The van der Waals surface area contributed by atoms with Gasteiger partial charge >= 0.3 is 0 Å². The van der Waals surface area contributed by atoms with E-state index in [-0.39, 0.29) is 24.1 Å². The van der Waals surface area contributed by atoms with Gasteiger partial charge in [-0.1, -0.05) is 48.0 Å². The fourth-order valence-corrected chi connectivity index (χ4v) is 9.59. The molecule has 4 aromatic carbocycles. The molecule has 1 aliphatic carbocycles. The third-order valence-electron chi connectivity index (χ3n) is 11.2. The van der Waals surface area contributed by atoms with Gasteiger partial charge in [0.2, 0.25) is 10.0 Å². The Kier molecular flexibility index (Phi) is 10.9. The molecule has 1 spiro atoms. The zero-order valence-corrected chi connectivity index (χ0v) is 32.1. The Morgan fingerprint density at radius 2 is 1.58 bits per heavy atom. The summed E-state index contributed by atoms with van der Waals surface area (Å²) in [6.45, 7) is 6.65. The van der Waals surface area contributed by atoms with Crippen molar-refractivity contribution in [3.8, 4) is 23.0 Å². The molecule has 0 aromatic heterocycles. The summed E-state index contributed by atoms with van der Waals surface area (Å²) in [5.41, 5.74) is 3.10. The predicted octanol–water partition coefficient (Wildman–Crippen LogP) is 7.89. The molecule has 0 saturated heterocycles. The molecular weight excluding hydrogens is 712 g/mol. The predicted molar refractivity (Wildman–Crippen MR) is 207 cm³/mol. The third-order valence-corrected chi connectivity index (χ3v) is 13.2. The van der Waals surface area contributed by atoms with E-state index in [0.29, 0.717) is 60.4 Å². The number of anilines is 1. The van der Waals surface area contributed by atoms with E-state index >= 15 is 0 Å². The van der Waals surface area contributed by atoms with Crippen molar-refractivity contribution >= 4 is 27.3 Å². The lowest BCUT2D eigenvalue weighted by molar-refractivity contribution is 0.0134. The van der Waals surface area contributed by atoms with E-state index in [0.717, 1.165) is 47.4 Å². The van der Waals surface area contributed by atoms with Crippen molar-refractivity contribution in [3.63, 3.8) is 0 Å². The lowest BCUT2D eigenvalue weighted by Gasteiger charge is -2.45. The molecule has 9 nitrogen and oxygen atoms in total. The topological polar surface area (TPSA) is 86.8 Å². The minimum Gasteiger partial charge on any atom is -0.497 e. The van der Waals surface area contributed by atoms with Gasteiger partial charge in [0.05, 0.1) is 49.5 Å². The molecular formula is C42H47ClN2O7S. The van der Waals surface area contributed by atoms with Crippen LogP contribution in [0.3, 0.4) is 0 Å². The summed E-state index contributed by atoms with van der Waals surface area (Å²) < 4.78 is 60.5. The van der Waals surface area contributed by atoms with Crippen LogP contribution in [0.2, 0.25) is 5.02 Å². The summed E-state index contributed by atoms with van der Waals surface area (Å²) in [6, 6.07) is 26.1. The lowest BCUT2D eigenvalue weighted by Crippen LogP contribution is -2.50. The molecule has 4 atom stereocenters. The molecule has 53 heavy (non-hydrogen) atoms. The van der Waals surface area contributed by atoms with Crippen LogP contribution in [0.4, 0.5) is 5.69 Å². The lowest BCUT2D eigenvalue weighted by atomic mass is 9.69. The van der Waals surface area contributed by atoms with Gasteiger partial charge in [-0.25, -0.2) is 8.42 Å². The Labute approximate surface area is 318 Å². The number of nitrogens with zero attached hydrogens (tertiary/aromatic N) is 2. The molecule has 1 saturated carbocycles. The Bertz CT molecular complexity index is 1970. The Morgan fingerprint density at radius 1 is 0.906 bits per heavy atom. The Morgan fingerprint density at radius 3 is 2.17 bits per heavy atom. The van der Waals surface area contributed by atoms with Crippen LogP contribution in [0.25, 0.3) is 0 Å². The number of hydrogen-bond acceptors (Lipinski definition) is 8. The molecule has 0 radical (unpaired) electrons. The van der Waals surface area contributed by atoms with Crippen LogP contribution < -0.4 is 23.8 Å².